The molecule has 0 aliphatic carbocycles. The van der Waals surface area contributed by atoms with Crippen molar-refractivity contribution in [3.63, 3.8) is 0 Å². The topological polar surface area (TPSA) is 80.6 Å². The molecular weight excluding hydrogens is 310 g/mol. The molecule has 2 aliphatic heterocycles. The molecule has 1 atom stereocenters. The first kappa shape index (κ1) is 18.4. The molecule has 7 nitrogen and oxygen atoms in total. The number of ether oxygens (including phenoxy) is 2. The minimum absolute atomic E-state index is 0.0610. The second-order valence-corrected chi connectivity index (χ2v) is 6.31. The molecular formula is C17H25N3O4. The van der Waals surface area contributed by atoms with Crippen molar-refractivity contribution in [1.29, 1.82) is 0 Å². The Balaban J connectivity index is 1.92. The Labute approximate surface area is 142 Å². The third kappa shape index (κ3) is 4.54. The number of hydrogen-bond donors (Lipinski definition) is 0. The molecule has 2 rings (SSSR count). The molecule has 0 radical (unpaired) electrons. The van der Waals surface area contributed by atoms with Gasteiger partial charge < -0.3 is 14.4 Å². The largest absolute Gasteiger partial charge is 0.467 e. The molecule has 1 saturated heterocycles. The van der Waals surface area contributed by atoms with E-state index in [-0.39, 0.29) is 24.2 Å². The molecule has 1 unspecified atom stereocenters. The first-order valence-electron chi connectivity index (χ1n) is 8.32. The number of terminal acetylenes is 1. The molecule has 1 amide bonds. The Morgan fingerprint density at radius 2 is 2.04 bits per heavy atom. The quantitative estimate of drug-likeness (QED) is 0.500. The van der Waals surface area contributed by atoms with Crippen LogP contribution in [0.1, 0.15) is 38.5 Å². The van der Waals surface area contributed by atoms with E-state index in [1.54, 1.807) is 7.05 Å². The average molecular weight is 335 g/mol. The van der Waals surface area contributed by atoms with Crippen LogP contribution in [0, 0.1) is 18.3 Å². The molecule has 7 heteroatoms. The van der Waals surface area contributed by atoms with Gasteiger partial charge in [0, 0.05) is 45.9 Å². The highest BCUT2D eigenvalue weighted by Gasteiger charge is 2.41. The molecule has 0 aromatic carbocycles. The summed E-state index contributed by atoms with van der Waals surface area (Å²) < 4.78 is 10.3. The van der Waals surface area contributed by atoms with E-state index in [9.17, 15) is 9.59 Å². The van der Waals surface area contributed by atoms with Crippen LogP contribution in [0.5, 0.6) is 0 Å². The van der Waals surface area contributed by atoms with Crippen LogP contribution in [0.2, 0.25) is 0 Å². The van der Waals surface area contributed by atoms with Crippen molar-refractivity contribution in [1.82, 2.24) is 4.90 Å². The van der Waals surface area contributed by atoms with Gasteiger partial charge in [0.25, 0.3) is 0 Å². The van der Waals surface area contributed by atoms with Gasteiger partial charge >= 0.3 is 5.97 Å². The molecule has 0 bridgehead atoms. The fourth-order valence-corrected chi connectivity index (χ4v) is 3.13. The first-order valence-corrected chi connectivity index (χ1v) is 8.32. The summed E-state index contributed by atoms with van der Waals surface area (Å²) >= 11 is 0. The van der Waals surface area contributed by atoms with Crippen LogP contribution in [0.3, 0.4) is 0 Å². The predicted molar refractivity (Wildman–Crippen MR) is 87.0 cm³/mol. The van der Waals surface area contributed by atoms with Gasteiger partial charge in [-0.1, -0.05) is 0 Å². The zero-order valence-electron chi connectivity index (χ0n) is 14.4. The molecule has 0 spiro atoms. The fraction of sp³-hybridized carbons (Fsp3) is 0.765. The molecule has 0 N–H and O–H groups in total. The molecule has 1 fully saturated rings. The Morgan fingerprint density at radius 3 is 2.58 bits per heavy atom. The summed E-state index contributed by atoms with van der Waals surface area (Å²) in [5.41, 5.74) is -0.484. The summed E-state index contributed by atoms with van der Waals surface area (Å²) in [7, 11) is 3.01. The van der Waals surface area contributed by atoms with Gasteiger partial charge in [-0.25, -0.2) is 4.79 Å². The summed E-state index contributed by atoms with van der Waals surface area (Å²) in [6.45, 7) is 1.21. The number of nitrogens with zero attached hydrogens (tertiary/aromatic N) is 3. The summed E-state index contributed by atoms with van der Waals surface area (Å²) in [6, 6.07) is -0.568. The van der Waals surface area contributed by atoms with Gasteiger partial charge in [0.05, 0.1) is 7.11 Å². The molecule has 0 aromatic rings. The lowest BCUT2D eigenvalue weighted by molar-refractivity contribution is -0.155. The molecule has 0 aromatic heterocycles. The van der Waals surface area contributed by atoms with E-state index >= 15 is 0 Å². The van der Waals surface area contributed by atoms with E-state index in [1.165, 1.54) is 12.0 Å². The zero-order chi connectivity index (χ0) is 17.6. The van der Waals surface area contributed by atoms with Gasteiger partial charge in [-0.05, 0) is 18.8 Å². The normalized spacial score (nSPS) is 20.0. The van der Waals surface area contributed by atoms with E-state index in [0.717, 1.165) is 12.8 Å². The monoisotopic (exact) mass is 335 g/mol. The Morgan fingerprint density at radius 1 is 1.38 bits per heavy atom. The Bertz CT molecular complexity index is 528. The maximum absolute atomic E-state index is 12.6. The van der Waals surface area contributed by atoms with Crippen LogP contribution in [-0.2, 0) is 19.1 Å². The Hall–Kier alpha value is -1.94. The maximum Gasteiger partial charge on any atom is 0.328 e. The first-order chi connectivity index (χ1) is 11.5. The highest BCUT2D eigenvalue weighted by molar-refractivity contribution is 5.84. The zero-order valence-corrected chi connectivity index (χ0v) is 14.4. The van der Waals surface area contributed by atoms with Gasteiger partial charge in [-0.15, -0.1) is 12.3 Å². The predicted octanol–water partition coefficient (Wildman–Crippen LogP) is 1.77. The number of rotatable bonds is 8. The second-order valence-electron chi connectivity index (χ2n) is 6.31. The van der Waals surface area contributed by atoms with Crippen molar-refractivity contribution in [2.75, 3.05) is 27.4 Å². The smallest absolute Gasteiger partial charge is 0.328 e. The van der Waals surface area contributed by atoms with E-state index in [0.29, 0.717) is 32.5 Å². The molecule has 24 heavy (non-hydrogen) atoms. The fourth-order valence-electron chi connectivity index (χ4n) is 3.13. The van der Waals surface area contributed by atoms with Crippen LogP contribution < -0.4 is 0 Å². The second kappa shape index (κ2) is 8.25. The minimum Gasteiger partial charge on any atom is -0.467 e. The Kier molecular flexibility index (Phi) is 6.32. The lowest BCUT2D eigenvalue weighted by atomic mass is 9.90. The number of hydrogen-bond acceptors (Lipinski definition) is 6. The van der Waals surface area contributed by atoms with Gasteiger partial charge in [-0.2, -0.15) is 10.2 Å². The SMILES string of the molecule is C#CCCC1(CCC(=O)N(C)C(C(=O)OC)C2CCOCC2)N=N1. The third-order valence-corrected chi connectivity index (χ3v) is 4.76. The average Bonchev–Trinajstić information content (AvgIpc) is 3.39. The number of esters is 1. The summed E-state index contributed by atoms with van der Waals surface area (Å²) in [5, 5.41) is 8.08. The summed E-state index contributed by atoms with van der Waals surface area (Å²) in [6.07, 6.45) is 8.82. The van der Waals surface area contributed by atoms with Crippen molar-refractivity contribution in [3.8, 4) is 12.3 Å². The van der Waals surface area contributed by atoms with E-state index < -0.39 is 11.7 Å². The van der Waals surface area contributed by atoms with Gasteiger partial charge in [0.15, 0.2) is 5.66 Å². The van der Waals surface area contributed by atoms with Crippen LogP contribution in [-0.4, -0.2) is 55.9 Å². The third-order valence-electron chi connectivity index (χ3n) is 4.76. The highest BCUT2D eigenvalue weighted by atomic mass is 16.5. The highest BCUT2D eigenvalue weighted by Crippen LogP contribution is 2.38. The minimum atomic E-state index is -0.568. The standard InChI is InChI=1S/C17H25N3O4/c1-4-5-9-17(18-19-17)10-6-14(21)20(2)15(16(22)23-3)13-7-11-24-12-8-13/h1,13,15H,5-12H2,2-3H3. The lowest BCUT2D eigenvalue weighted by Crippen LogP contribution is -2.49. The van der Waals surface area contributed by atoms with E-state index in [4.69, 9.17) is 15.9 Å². The number of likely N-dealkylation sites (N-methyl/N-ethyl adjacent to an activating group) is 1. The van der Waals surface area contributed by atoms with Crippen LogP contribution in [0.25, 0.3) is 0 Å². The maximum atomic E-state index is 12.6. The van der Waals surface area contributed by atoms with Crippen molar-refractivity contribution in [3.05, 3.63) is 0 Å². The van der Waals surface area contributed by atoms with Crippen LogP contribution in [0.15, 0.2) is 10.2 Å². The summed E-state index contributed by atoms with van der Waals surface area (Å²) in [4.78, 5) is 26.3. The van der Waals surface area contributed by atoms with Crippen LogP contribution in [0.4, 0.5) is 0 Å². The van der Waals surface area contributed by atoms with Crippen molar-refractivity contribution in [2.24, 2.45) is 16.1 Å². The van der Waals surface area contributed by atoms with Gasteiger partial charge in [-0.3, -0.25) is 4.79 Å². The molecule has 2 heterocycles. The number of carbonyl (C=O) groups is 2. The van der Waals surface area contributed by atoms with E-state index in [2.05, 4.69) is 16.1 Å². The number of carbonyl (C=O) groups excluding carboxylic acids is 2. The summed E-state index contributed by atoms with van der Waals surface area (Å²) in [5.74, 6) is 2.15. The number of amides is 1. The van der Waals surface area contributed by atoms with Gasteiger partial charge in [0.1, 0.15) is 6.04 Å². The van der Waals surface area contributed by atoms with Gasteiger partial charge in [0.2, 0.25) is 5.91 Å². The molecule has 2 aliphatic rings. The van der Waals surface area contributed by atoms with E-state index in [1.807, 2.05) is 0 Å². The number of methoxy groups -OCH3 is 1. The van der Waals surface area contributed by atoms with Crippen LogP contribution >= 0.6 is 0 Å². The van der Waals surface area contributed by atoms with Crippen molar-refractivity contribution in [2.45, 2.75) is 50.2 Å². The van der Waals surface area contributed by atoms with Crippen molar-refractivity contribution >= 4 is 11.9 Å². The molecule has 132 valence electrons. The van der Waals surface area contributed by atoms with Crippen molar-refractivity contribution < 1.29 is 19.1 Å². The lowest BCUT2D eigenvalue weighted by Gasteiger charge is -2.34. The molecule has 0 saturated carbocycles.